The Balaban J connectivity index is 1.47. The van der Waals surface area contributed by atoms with Gasteiger partial charge in [0.05, 0.1) is 0 Å². The van der Waals surface area contributed by atoms with E-state index in [1.54, 1.807) is 0 Å². The molecule has 0 aliphatic heterocycles. The van der Waals surface area contributed by atoms with E-state index in [1.165, 1.54) is 88.6 Å². The summed E-state index contributed by atoms with van der Waals surface area (Å²) in [4.78, 5) is 0. The van der Waals surface area contributed by atoms with E-state index in [0.29, 0.717) is 5.92 Å². The molecule has 0 radical (unpaired) electrons. The zero-order chi connectivity index (χ0) is 23.5. The molecule has 0 N–H and O–H groups in total. The molecule has 34 heavy (non-hydrogen) atoms. The maximum Gasteiger partial charge on any atom is -0.00254 e. The van der Waals surface area contributed by atoms with Gasteiger partial charge in [-0.2, -0.15) is 0 Å². The summed E-state index contributed by atoms with van der Waals surface area (Å²) in [5.74, 6) is 1.33. The minimum absolute atomic E-state index is 0.478. The van der Waals surface area contributed by atoms with Crippen LogP contribution in [0.3, 0.4) is 0 Å². The molecule has 0 aromatic heterocycles. The van der Waals surface area contributed by atoms with Gasteiger partial charge < -0.3 is 0 Å². The smallest absolute Gasteiger partial charge is 0.00254 e. The molecule has 0 atom stereocenters. The SMILES string of the molecule is C=C(c1ccc(Cc2cc(CC3CCCCC3)cc(-c3cccc4c3C=CC4)c2)cc1)C(C)C. The van der Waals surface area contributed by atoms with Gasteiger partial charge in [-0.25, -0.2) is 0 Å². The van der Waals surface area contributed by atoms with Crippen LogP contribution < -0.4 is 0 Å². The Morgan fingerprint density at radius 3 is 2.41 bits per heavy atom. The molecule has 0 heteroatoms. The third-order valence-corrected chi connectivity index (χ3v) is 7.86. The van der Waals surface area contributed by atoms with Gasteiger partial charge in [0, 0.05) is 0 Å². The topological polar surface area (TPSA) is 0 Å². The third kappa shape index (κ3) is 5.12. The monoisotopic (exact) mass is 446 g/mol. The van der Waals surface area contributed by atoms with Crippen LogP contribution in [-0.2, 0) is 19.3 Å². The fraction of sp³-hybridized carbons (Fsp3) is 0.353. The van der Waals surface area contributed by atoms with E-state index in [-0.39, 0.29) is 0 Å². The number of rotatable bonds is 7. The number of hydrogen-bond donors (Lipinski definition) is 0. The fourth-order valence-corrected chi connectivity index (χ4v) is 5.81. The van der Waals surface area contributed by atoms with E-state index in [1.807, 2.05) is 0 Å². The Hall–Kier alpha value is -2.86. The number of benzene rings is 3. The van der Waals surface area contributed by atoms with Crippen LogP contribution in [0.4, 0.5) is 0 Å². The van der Waals surface area contributed by atoms with E-state index in [9.17, 15) is 0 Å². The number of hydrogen-bond acceptors (Lipinski definition) is 0. The molecule has 2 aliphatic rings. The molecule has 0 heterocycles. The zero-order valence-corrected chi connectivity index (χ0v) is 20.9. The van der Waals surface area contributed by atoms with Crippen molar-refractivity contribution in [2.75, 3.05) is 0 Å². The summed E-state index contributed by atoms with van der Waals surface area (Å²) >= 11 is 0. The Bertz CT molecular complexity index is 1180. The summed E-state index contributed by atoms with van der Waals surface area (Å²) in [5.41, 5.74) is 12.4. The normalized spacial score (nSPS) is 15.6. The molecule has 3 aromatic rings. The van der Waals surface area contributed by atoms with Gasteiger partial charge >= 0.3 is 0 Å². The minimum atomic E-state index is 0.478. The lowest BCUT2D eigenvalue weighted by atomic mass is 9.83. The van der Waals surface area contributed by atoms with Crippen molar-refractivity contribution in [1.82, 2.24) is 0 Å². The maximum atomic E-state index is 4.27. The van der Waals surface area contributed by atoms with Crippen LogP contribution in [0.1, 0.15) is 79.3 Å². The van der Waals surface area contributed by atoms with Gasteiger partial charge in [-0.05, 0) is 81.2 Å². The molecule has 0 nitrogen and oxygen atoms in total. The van der Waals surface area contributed by atoms with Crippen LogP contribution in [0.5, 0.6) is 0 Å². The van der Waals surface area contributed by atoms with Gasteiger partial charge in [0.15, 0.2) is 0 Å². The lowest BCUT2D eigenvalue weighted by Crippen LogP contribution is -2.09. The first-order valence-corrected chi connectivity index (χ1v) is 13.3. The van der Waals surface area contributed by atoms with Crippen molar-refractivity contribution in [2.24, 2.45) is 11.8 Å². The van der Waals surface area contributed by atoms with Crippen LogP contribution in [0.2, 0.25) is 0 Å². The first kappa shape index (κ1) is 22.9. The summed E-state index contributed by atoms with van der Waals surface area (Å²) in [7, 11) is 0. The standard InChI is InChI=1S/C34H38/c1-24(2)25(3)30-17-15-27(16-18-30)20-29-21-28(19-26-9-5-4-6-10-26)22-32(23-29)34-14-8-12-31-11-7-13-33(31)34/h7-8,12-18,21-24,26H,3-6,9-11,19-20H2,1-2H3. The van der Waals surface area contributed by atoms with E-state index in [2.05, 4.69) is 93.2 Å². The fourth-order valence-electron chi connectivity index (χ4n) is 5.81. The second kappa shape index (κ2) is 10.2. The van der Waals surface area contributed by atoms with Crippen LogP contribution in [-0.4, -0.2) is 0 Å². The molecule has 0 bridgehead atoms. The van der Waals surface area contributed by atoms with Crippen molar-refractivity contribution in [3.05, 3.63) is 107 Å². The number of allylic oxidation sites excluding steroid dienone is 2. The maximum absolute atomic E-state index is 4.27. The summed E-state index contributed by atoms with van der Waals surface area (Å²) in [5, 5.41) is 0. The van der Waals surface area contributed by atoms with Crippen molar-refractivity contribution >= 4 is 11.6 Å². The Morgan fingerprint density at radius 2 is 1.65 bits per heavy atom. The van der Waals surface area contributed by atoms with Crippen molar-refractivity contribution < 1.29 is 0 Å². The summed E-state index contributed by atoms with van der Waals surface area (Å²) in [6.07, 6.45) is 14.9. The molecule has 0 saturated heterocycles. The quantitative estimate of drug-likeness (QED) is 0.339. The molecule has 5 rings (SSSR count). The van der Waals surface area contributed by atoms with Gasteiger partial charge in [0.25, 0.3) is 0 Å². The van der Waals surface area contributed by atoms with E-state index < -0.39 is 0 Å². The molecular weight excluding hydrogens is 408 g/mol. The highest BCUT2D eigenvalue weighted by Gasteiger charge is 2.17. The molecule has 0 spiro atoms. The van der Waals surface area contributed by atoms with E-state index >= 15 is 0 Å². The lowest BCUT2D eigenvalue weighted by Gasteiger charge is -2.22. The predicted octanol–water partition coefficient (Wildman–Crippen LogP) is 9.31. The van der Waals surface area contributed by atoms with Crippen molar-refractivity contribution in [1.29, 1.82) is 0 Å². The highest BCUT2D eigenvalue weighted by atomic mass is 14.2. The predicted molar refractivity (Wildman–Crippen MR) is 148 cm³/mol. The summed E-state index contributed by atoms with van der Waals surface area (Å²) in [6, 6.07) is 23.3. The van der Waals surface area contributed by atoms with Crippen LogP contribution in [0.15, 0.2) is 73.3 Å². The first-order chi connectivity index (χ1) is 16.6. The highest BCUT2D eigenvalue weighted by molar-refractivity contribution is 5.80. The van der Waals surface area contributed by atoms with Gasteiger partial charge in [-0.3, -0.25) is 0 Å². The van der Waals surface area contributed by atoms with Crippen molar-refractivity contribution in [3.63, 3.8) is 0 Å². The molecule has 0 amide bonds. The second-order valence-corrected chi connectivity index (χ2v) is 10.8. The molecule has 1 fully saturated rings. The second-order valence-electron chi connectivity index (χ2n) is 10.8. The minimum Gasteiger partial charge on any atom is -0.0950 e. The molecule has 2 aliphatic carbocycles. The average molecular weight is 447 g/mol. The van der Waals surface area contributed by atoms with Gasteiger partial charge in [0.1, 0.15) is 0 Å². The summed E-state index contributed by atoms with van der Waals surface area (Å²) in [6.45, 7) is 8.70. The largest absolute Gasteiger partial charge is 0.0950 e. The van der Waals surface area contributed by atoms with Crippen molar-refractivity contribution in [2.45, 2.75) is 65.2 Å². The highest BCUT2D eigenvalue weighted by Crippen LogP contribution is 2.34. The first-order valence-electron chi connectivity index (χ1n) is 13.3. The third-order valence-electron chi connectivity index (χ3n) is 7.86. The lowest BCUT2D eigenvalue weighted by molar-refractivity contribution is 0.356. The van der Waals surface area contributed by atoms with E-state index in [4.69, 9.17) is 0 Å². The zero-order valence-electron chi connectivity index (χ0n) is 20.9. The van der Waals surface area contributed by atoms with Gasteiger partial charge in [-0.15, -0.1) is 0 Å². The summed E-state index contributed by atoms with van der Waals surface area (Å²) < 4.78 is 0. The Kier molecular flexibility index (Phi) is 6.86. The molecular formula is C34H38. The Labute approximate surface area is 206 Å². The van der Waals surface area contributed by atoms with Crippen LogP contribution >= 0.6 is 0 Å². The Morgan fingerprint density at radius 1 is 0.882 bits per heavy atom. The van der Waals surface area contributed by atoms with Gasteiger partial charge in [0.2, 0.25) is 0 Å². The van der Waals surface area contributed by atoms with Crippen LogP contribution in [0.25, 0.3) is 22.8 Å². The molecule has 3 aromatic carbocycles. The van der Waals surface area contributed by atoms with Crippen LogP contribution in [0, 0.1) is 11.8 Å². The van der Waals surface area contributed by atoms with Gasteiger partial charge in [-0.1, -0.05) is 125 Å². The average Bonchev–Trinajstić information content (AvgIpc) is 3.34. The molecule has 1 saturated carbocycles. The molecule has 174 valence electrons. The number of fused-ring (bicyclic) bond motifs is 1. The van der Waals surface area contributed by atoms with Crippen molar-refractivity contribution in [3.8, 4) is 11.1 Å². The molecule has 0 unspecified atom stereocenters. The van der Waals surface area contributed by atoms with E-state index in [0.717, 1.165) is 18.8 Å².